The summed E-state index contributed by atoms with van der Waals surface area (Å²) in [7, 11) is 0. The van der Waals surface area contributed by atoms with Crippen LogP contribution in [0.2, 0.25) is 0 Å². The van der Waals surface area contributed by atoms with Gasteiger partial charge in [0, 0.05) is 17.2 Å². The van der Waals surface area contributed by atoms with E-state index < -0.39 is 0 Å². The van der Waals surface area contributed by atoms with Crippen LogP contribution in [0.3, 0.4) is 0 Å². The van der Waals surface area contributed by atoms with Crippen molar-refractivity contribution in [1.82, 2.24) is 10.1 Å². The van der Waals surface area contributed by atoms with E-state index in [-0.39, 0.29) is 0 Å². The van der Waals surface area contributed by atoms with E-state index >= 15 is 0 Å². The van der Waals surface area contributed by atoms with Crippen LogP contribution in [0.5, 0.6) is 0 Å². The average Bonchev–Trinajstić information content (AvgIpc) is 2.83. The highest BCUT2D eigenvalue weighted by Crippen LogP contribution is 2.24. The first-order chi connectivity index (χ1) is 8.79. The molecule has 0 saturated heterocycles. The SMILES string of the molecule is Cc1ccccc1SCc1noc(CCCCl)n1. The summed E-state index contributed by atoms with van der Waals surface area (Å²) in [6, 6.07) is 8.29. The Morgan fingerprint density at radius 1 is 1.33 bits per heavy atom. The summed E-state index contributed by atoms with van der Waals surface area (Å²) in [5.74, 6) is 2.77. The van der Waals surface area contributed by atoms with Gasteiger partial charge < -0.3 is 4.52 Å². The van der Waals surface area contributed by atoms with Crippen molar-refractivity contribution in [3.05, 3.63) is 41.5 Å². The summed E-state index contributed by atoms with van der Waals surface area (Å²) in [5.41, 5.74) is 1.27. The van der Waals surface area contributed by atoms with Crippen LogP contribution < -0.4 is 0 Å². The van der Waals surface area contributed by atoms with Gasteiger partial charge in [-0.1, -0.05) is 23.4 Å². The topological polar surface area (TPSA) is 38.9 Å². The Kier molecular flexibility index (Phi) is 5.08. The Labute approximate surface area is 116 Å². The van der Waals surface area contributed by atoms with Crippen molar-refractivity contribution < 1.29 is 4.52 Å². The van der Waals surface area contributed by atoms with Crippen molar-refractivity contribution in [3.8, 4) is 0 Å². The molecule has 2 aromatic rings. The second kappa shape index (κ2) is 6.81. The maximum absolute atomic E-state index is 5.62. The van der Waals surface area contributed by atoms with Crippen molar-refractivity contribution in [1.29, 1.82) is 0 Å². The summed E-state index contributed by atoms with van der Waals surface area (Å²) >= 11 is 7.35. The van der Waals surface area contributed by atoms with Gasteiger partial charge in [-0.05, 0) is 25.0 Å². The predicted octanol–water partition coefficient (Wildman–Crippen LogP) is 3.84. The molecule has 0 aliphatic heterocycles. The van der Waals surface area contributed by atoms with Gasteiger partial charge >= 0.3 is 0 Å². The number of thioether (sulfide) groups is 1. The van der Waals surface area contributed by atoms with E-state index in [9.17, 15) is 0 Å². The quantitative estimate of drug-likeness (QED) is 0.596. The zero-order valence-corrected chi connectivity index (χ0v) is 11.8. The molecule has 0 bridgehead atoms. The lowest BCUT2D eigenvalue weighted by molar-refractivity contribution is 0.373. The fourth-order valence-electron chi connectivity index (χ4n) is 1.53. The highest BCUT2D eigenvalue weighted by molar-refractivity contribution is 7.98. The number of alkyl halides is 1. The van der Waals surface area contributed by atoms with Crippen LogP contribution in [0.4, 0.5) is 0 Å². The minimum absolute atomic E-state index is 0.621. The molecule has 2 rings (SSSR count). The molecule has 18 heavy (non-hydrogen) atoms. The van der Waals surface area contributed by atoms with Gasteiger partial charge in [-0.2, -0.15) is 4.98 Å². The van der Waals surface area contributed by atoms with Crippen molar-refractivity contribution in [2.75, 3.05) is 5.88 Å². The third-order valence-electron chi connectivity index (χ3n) is 2.48. The van der Waals surface area contributed by atoms with Crippen LogP contribution in [0.1, 0.15) is 23.7 Å². The molecule has 1 aromatic heterocycles. The Bertz CT molecular complexity index is 501. The van der Waals surface area contributed by atoms with Gasteiger partial charge in [0.05, 0.1) is 5.75 Å². The molecule has 0 fully saturated rings. The van der Waals surface area contributed by atoms with E-state index in [1.807, 2.05) is 12.1 Å². The van der Waals surface area contributed by atoms with Crippen molar-refractivity contribution in [2.24, 2.45) is 0 Å². The third-order valence-corrected chi connectivity index (χ3v) is 3.92. The minimum Gasteiger partial charge on any atom is -0.339 e. The lowest BCUT2D eigenvalue weighted by Gasteiger charge is -2.01. The molecule has 0 atom stereocenters. The van der Waals surface area contributed by atoms with Crippen LogP contribution in [0, 0.1) is 6.92 Å². The number of nitrogens with zero attached hydrogens (tertiary/aromatic N) is 2. The van der Waals surface area contributed by atoms with Crippen LogP contribution >= 0.6 is 23.4 Å². The molecule has 0 spiro atoms. The number of hydrogen-bond acceptors (Lipinski definition) is 4. The summed E-state index contributed by atoms with van der Waals surface area (Å²) in [5, 5.41) is 3.96. The Balaban J connectivity index is 1.90. The molecule has 96 valence electrons. The summed E-state index contributed by atoms with van der Waals surface area (Å²) < 4.78 is 5.15. The smallest absolute Gasteiger partial charge is 0.226 e. The highest BCUT2D eigenvalue weighted by atomic mass is 35.5. The Hall–Kier alpha value is -1.000. The van der Waals surface area contributed by atoms with Crippen LogP contribution in [-0.4, -0.2) is 16.0 Å². The zero-order chi connectivity index (χ0) is 12.8. The predicted molar refractivity (Wildman–Crippen MR) is 74.1 cm³/mol. The van der Waals surface area contributed by atoms with Crippen molar-refractivity contribution in [2.45, 2.75) is 30.4 Å². The molecule has 0 unspecified atom stereocenters. The summed E-state index contributed by atoms with van der Waals surface area (Å²) in [4.78, 5) is 5.59. The average molecular weight is 283 g/mol. The monoisotopic (exact) mass is 282 g/mol. The van der Waals surface area contributed by atoms with Gasteiger partial charge in [-0.25, -0.2) is 0 Å². The van der Waals surface area contributed by atoms with E-state index in [2.05, 4.69) is 29.2 Å². The van der Waals surface area contributed by atoms with Gasteiger partial charge in [0.15, 0.2) is 5.82 Å². The molecule has 3 nitrogen and oxygen atoms in total. The van der Waals surface area contributed by atoms with E-state index in [1.165, 1.54) is 10.5 Å². The first kappa shape index (κ1) is 13.4. The van der Waals surface area contributed by atoms with Gasteiger partial charge in [0.1, 0.15) is 0 Å². The fraction of sp³-hybridized carbons (Fsp3) is 0.385. The van der Waals surface area contributed by atoms with Crippen LogP contribution in [0.25, 0.3) is 0 Å². The maximum Gasteiger partial charge on any atom is 0.226 e. The number of benzene rings is 1. The molecule has 0 aliphatic carbocycles. The number of hydrogen-bond donors (Lipinski definition) is 0. The van der Waals surface area contributed by atoms with Gasteiger partial charge in [-0.15, -0.1) is 23.4 Å². The molecule has 0 radical (unpaired) electrons. The number of rotatable bonds is 6. The maximum atomic E-state index is 5.62. The summed E-state index contributed by atoms with van der Waals surface area (Å²) in [6.45, 7) is 2.10. The number of aromatic nitrogens is 2. The fourth-order valence-corrected chi connectivity index (χ4v) is 2.54. The van der Waals surface area contributed by atoms with Crippen LogP contribution in [0.15, 0.2) is 33.7 Å². The first-order valence-electron chi connectivity index (χ1n) is 5.85. The van der Waals surface area contributed by atoms with Crippen molar-refractivity contribution in [3.63, 3.8) is 0 Å². The molecular formula is C13H15ClN2OS. The lowest BCUT2D eigenvalue weighted by atomic mass is 10.2. The molecule has 1 aromatic carbocycles. The third kappa shape index (κ3) is 3.75. The lowest BCUT2D eigenvalue weighted by Crippen LogP contribution is -1.88. The van der Waals surface area contributed by atoms with E-state index in [0.29, 0.717) is 11.8 Å². The zero-order valence-electron chi connectivity index (χ0n) is 10.2. The van der Waals surface area contributed by atoms with Crippen molar-refractivity contribution >= 4 is 23.4 Å². The number of aryl methyl sites for hydroxylation is 2. The molecule has 0 aliphatic rings. The number of halogens is 1. The normalized spacial score (nSPS) is 10.8. The summed E-state index contributed by atoms with van der Waals surface area (Å²) in [6.07, 6.45) is 1.62. The molecule has 0 saturated carbocycles. The second-order valence-corrected chi connectivity index (χ2v) is 5.35. The molecular weight excluding hydrogens is 268 g/mol. The standard InChI is InChI=1S/C13H15ClN2OS/c1-10-5-2-3-6-11(10)18-9-12-15-13(17-16-12)7-4-8-14/h2-3,5-6H,4,7-9H2,1H3. The highest BCUT2D eigenvalue weighted by Gasteiger charge is 2.07. The Morgan fingerprint density at radius 2 is 2.17 bits per heavy atom. The molecule has 0 amide bonds. The van der Waals surface area contributed by atoms with E-state index in [4.69, 9.17) is 16.1 Å². The molecule has 5 heteroatoms. The minimum atomic E-state index is 0.621. The largest absolute Gasteiger partial charge is 0.339 e. The van der Waals surface area contributed by atoms with Gasteiger partial charge in [0.25, 0.3) is 0 Å². The molecule has 0 N–H and O–H groups in total. The second-order valence-electron chi connectivity index (χ2n) is 3.95. The van der Waals surface area contributed by atoms with Crippen LogP contribution in [-0.2, 0) is 12.2 Å². The Morgan fingerprint density at radius 3 is 2.94 bits per heavy atom. The van der Waals surface area contributed by atoms with E-state index in [0.717, 1.165) is 24.4 Å². The molecule has 1 heterocycles. The van der Waals surface area contributed by atoms with Gasteiger partial charge in [0.2, 0.25) is 5.89 Å². The van der Waals surface area contributed by atoms with E-state index in [1.54, 1.807) is 11.8 Å². The van der Waals surface area contributed by atoms with Gasteiger partial charge in [-0.3, -0.25) is 0 Å². The first-order valence-corrected chi connectivity index (χ1v) is 7.37.